The predicted molar refractivity (Wildman–Crippen MR) is 44.2 cm³/mol. The van der Waals surface area contributed by atoms with Gasteiger partial charge in [0.05, 0.1) is 7.11 Å². The van der Waals surface area contributed by atoms with Gasteiger partial charge < -0.3 is 0 Å². The third kappa shape index (κ3) is 4.57. The Morgan fingerprint density at radius 3 is 2.54 bits per heavy atom. The van der Waals surface area contributed by atoms with Crippen LogP contribution in [0.5, 0.6) is 0 Å². The molecule has 76 valence electrons. The zero-order valence-corrected chi connectivity index (χ0v) is 7.72. The van der Waals surface area contributed by atoms with Gasteiger partial charge in [-0.15, -0.1) is 0 Å². The summed E-state index contributed by atoms with van der Waals surface area (Å²) in [5.41, 5.74) is 0.129. The Balaban J connectivity index is 3.90. The van der Waals surface area contributed by atoms with E-state index in [0.29, 0.717) is 0 Å². The van der Waals surface area contributed by atoms with Crippen molar-refractivity contribution in [3.8, 4) is 0 Å². The van der Waals surface area contributed by atoms with Crippen LogP contribution in [0.15, 0.2) is 12.2 Å². The molecule has 0 radical (unpaired) electrons. The fourth-order valence-corrected chi connectivity index (χ4v) is 0.696. The molecular weight excluding hydrogens is 180 g/mol. The zero-order valence-electron chi connectivity index (χ0n) is 7.72. The van der Waals surface area contributed by atoms with Gasteiger partial charge in [-0.3, -0.25) is 9.63 Å². The quantitative estimate of drug-likeness (QED) is 0.490. The van der Waals surface area contributed by atoms with Crippen LogP contribution in [0.2, 0.25) is 0 Å². The van der Waals surface area contributed by atoms with Gasteiger partial charge in [0, 0.05) is 19.0 Å². The largest absolute Gasteiger partial charge is 0.274 e. The smallest absolute Gasteiger partial charge is 0.272 e. The maximum atomic E-state index is 11.7. The van der Waals surface area contributed by atoms with Gasteiger partial charge in [-0.05, 0) is 6.42 Å². The first-order chi connectivity index (χ1) is 5.99. The molecule has 0 N–H and O–H groups in total. The monoisotopic (exact) mass is 193 g/mol. The Hall–Kier alpha value is -0.970. The minimum atomic E-state index is -2.41. The third-order valence-corrected chi connectivity index (χ3v) is 1.53. The van der Waals surface area contributed by atoms with Gasteiger partial charge in [-0.25, -0.2) is 13.8 Å². The van der Waals surface area contributed by atoms with Crippen molar-refractivity contribution in [3.05, 3.63) is 12.2 Å². The first-order valence-corrected chi connectivity index (χ1v) is 3.77. The molecule has 0 aliphatic heterocycles. The van der Waals surface area contributed by atoms with Gasteiger partial charge in [0.25, 0.3) is 5.91 Å². The van der Waals surface area contributed by atoms with E-state index in [2.05, 4.69) is 11.4 Å². The Morgan fingerprint density at radius 2 is 2.15 bits per heavy atom. The van der Waals surface area contributed by atoms with Crippen LogP contribution in [0.4, 0.5) is 8.78 Å². The lowest BCUT2D eigenvalue weighted by atomic mass is 10.1. The molecule has 0 bridgehead atoms. The van der Waals surface area contributed by atoms with Crippen LogP contribution in [0.3, 0.4) is 0 Å². The number of carbonyl (C=O) groups excluding carboxylic acids is 1. The van der Waals surface area contributed by atoms with Gasteiger partial charge in [0.1, 0.15) is 0 Å². The number of likely N-dealkylation sites (N-methyl/N-ethyl adjacent to an activating group) is 1. The molecule has 3 nitrogen and oxygen atoms in total. The Kier molecular flexibility index (Phi) is 5.22. The van der Waals surface area contributed by atoms with E-state index in [1.807, 2.05) is 0 Å². The molecule has 0 unspecified atom stereocenters. The number of hydrogen-bond acceptors (Lipinski definition) is 2. The molecule has 5 heteroatoms. The summed E-state index contributed by atoms with van der Waals surface area (Å²) in [6.07, 6.45) is -2.76. The average Bonchev–Trinajstić information content (AvgIpc) is 2.11. The number of hydrogen-bond donors (Lipinski definition) is 0. The maximum absolute atomic E-state index is 11.7. The zero-order chi connectivity index (χ0) is 10.4. The van der Waals surface area contributed by atoms with Crippen molar-refractivity contribution in [2.24, 2.45) is 0 Å². The number of halogens is 2. The molecule has 0 spiro atoms. The van der Waals surface area contributed by atoms with Crippen molar-refractivity contribution in [1.82, 2.24) is 5.06 Å². The Labute approximate surface area is 75.9 Å². The van der Waals surface area contributed by atoms with E-state index in [1.165, 1.54) is 14.2 Å². The van der Waals surface area contributed by atoms with Crippen molar-refractivity contribution >= 4 is 5.91 Å². The van der Waals surface area contributed by atoms with Crippen LogP contribution < -0.4 is 0 Å². The second kappa shape index (κ2) is 5.64. The normalized spacial score (nSPS) is 10.2. The van der Waals surface area contributed by atoms with Crippen molar-refractivity contribution in [2.45, 2.75) is 19.3 Å². The van der Waals surface area contributed by atoms with Crippen molar-refractivity contribution in [1.29, 1.82) is 0 Å². The van der Waals surface area contributed by atoms with Crippen molar-refractivity contribution in [2.75, 3.05) is 14.2 Å². The van der Waals surface area contributed by atoms with E-state index in [4.69, 9.17) is 0 Å². The van der Waals surface area contributed by atoms with Gasteiger partial charge in [0.2, 0.25) is 6.43 Å². The molecule has 0 aliphatic rings. The van der Waals surface area contributed by atoms with Crippen LogP contribution in [0, 0.1) is 0 Å². The first kappa shape index (κ1) is 12.0. The first-order valence-electron chi connectivity index (χ1n) is 3.77. The van der Waals surface area contributed by atoms with Crippen molar-refractivity contribution in [3.63, 3.8) is 0 Å². The van der Waals surface area contributed by atoms with Crippen LogP contribution in [-0.4, -0.2) is 31.6 Å². The summed E-state index contributed by atoms with van der Waals surface area (Å²) in [5, 5.41) is 0.952. The molecule has 0 rings (SSSR count). The van der Waals surface area contributed by atoms with Gasteiger partial charge in [0.15, 0.2) is 0 Å². The van der Waals surface area contributed by atoms with E-state index in [0.717, 1.165) is 5.06 Å². The highest BCUT2D eigenvalue weighted by Gasteiger charge is 2.13. The van der Waals surface area contributed by atoms with E-state index in [1.54, 1.807) is 0 Å². The molecule has 0 saturated carbocycles. The lowest BCUT2D eigenvalue weighted by Gasteiger charge is -2.14. The van der Waals surface area contributed by atoms with Gasteiger partial charge in [-0.1, -0.05) is 6.58 Å². The topological polar surface area (TPSA) is 29.5 Å². The fraction of sp³-hybridized carbons (Fsp3) is 0.625. The summed E-state index contributed by atoms with van der Waals surface area (Å²) in [5.74, 6) is -0.469. The Bertz CT molecular complexity index is 195. The molecule has 0 aromatic carbocycles. The third-order valence-electron chi connectivity index (χ3n) is 1.53. The summed E-state index contributed by atoms with van der Waals surface area (Å²) in [7, 11) is 2.72. The van der Waals surface area contributed by atoms with Crippen LogP contribution in [-0.2, 0) is 9.63 Å². The van der Waals surface area contributed by atoms with E-state index in [-0.39, 0.29) is 18.4 Å². The van der Waals surface area contributed by atoms with Crippen LogP contribution in [0.25, 0.3) is 0 Å². The summed E-state index contributed by atoms with van der Waals surface area (Å²) in [6, 6.07) is 0. The van der Waals surface area contributed by atoms with Gasteiger partial charge >= 0.3 is 0 Å². The summed E-state index contributed by atoms with van der Waals surface area (Å²) in [4.78, 5) is 15.7. The minimum absolute atomic E-state index is 0.00972. The number of carbonyl (C=O) groups is 1. The highest BCUT2D eigenvalue weighted by molar-refractivity contribution is 5.91. The minimum Gasteiger partial charge on any atom is -0.274 e. The molecule has 0 saturated heterocycles. The average molecular weight is 193 g/mol. The number of rotatable bonds is 5. The lowest BCUT2D eigenvalue weighted by molar-refractivity contribution is -0.164. The predicted octanol–water partition coefficient (Wildman–Crippen LogP) is 1.61. The van der Waals surface area contributed by atoms with Gasteiger partial charge in [-0.2, -0.15) is 0 Å². The molecule has 0 heterocycles. The Morgan fingerprint density at radius 1 is 1.62 bits per heavy atom. The number of alkyl halides is 2. The molecule has 0 aromatic heterocycles. The maximum Gasteiger partial charge on any atom is 0.272 e. The highest BCUT2D eigenvalue weighted by Crippen LogP contribution is 2.11. The van der Waals surface area contributed by atoms with E-state index < -0.39 is 12.3 Å². The summed E-state index contributed by atoms with van der Waals surface area (Å²) in [6.45, 7) is 3.39. The number of amides is 1. The summed E-state index contributed by atoms with van der Waals surface area (Å²) < 4.78 is 23.5. The van der Waals surface area contributed by atoms with E-state index in [9.17, 15) is 13.6 Å². The molecule has 0 fully saturated rings. The van der Waals surface area contributed by atoms with Crippen LogP contribution >= 0.6 is 0 Å². The standard InChI is InChI=1S/C8H13F2NO2/c1-6(4-5-7(9)10)8(12)11(2)13-3/h7H,1,4-5H2,2-3H3. The molecule has 0 atom stereocenters. The molecule has 13 heavy (non-hydrogen) atoms. The van der Waals surface area contributed by atoms with Crippen molar-refractivity contribution < 1.29 is 18.4 Å². The molecule has 0 aliphatic carbocycles. The highest BCUT2D eigenvalue weighted by atomic mass is 19.3. The lowest BCUT2D eigenvalue weighted by Crippen LogP contribution is -2.26. The number of nitrogens with zero attached hydrogens (tertiary/aromatic N) is 1. The second-order valence-corrected chi connectivity index (χ2v) is 2.52. The van der Waals surface area contributed by atoms with E-state index >= 15 is 0 Å². The fourth-order valence-electron chi connectivity index (χ4n) is 0.696. The SMILES string of the molecule is C=C(CCC(F)F)C(=O)N(C)OC. The molecule has 0 aromatic rings. The summed E-state index contributed by atoms with van der Waals surface area (Å²) >= 11 is 0. The number of hydroxylamine groups is 2. The molecule has 1 amide bonds. The molecular formula is C8H13F2NO2. The second-order valence-electron chi connectivity index (χ2n) is 2.52. The van der Waals surface area contributed by atoms with Crippen LogP contribution in [0.1, 0.15) is 12.8 Å².